The second-order valence-corrected chi connectivity index (χ2v) is 6.31. The first-order valence-corrected chi connectivity index (χ1v) is 8.69. The monoisotopic (exact) mass is 350 g/mol. The van der Waals surface area contributed by atoms with Crippen LogP contribution < -0.4 is 0 Å². The molecule has 0 aliphatic carbocycles. The van der Waals surface area contributed by atoms with Gasteiger partial charge in [0, 0.05) is 38.8 Å². The third kappa shape index (κ3) is 4.58. The number of hydrogen-bond donors (Lipinski definition) is 1. The first kappa shape index (κ1) is 17.9. The maximum absolute atomic E-state index is 12.3. The van der Waals surface area contributed by atoms with Gasteiger partial charge in [-0.05, 0) is 23.3 Å². The fourth-order valence-corrected chi connectivity index (χ4v) is 3.07. The summed E-state index contributed by atoms with van der Waals surface area (Å²) in [5.74, 6) is -0.889. The highest BCUT2D eigenvalue weighted by atomic mass is 16.4. The molecule has 3 rings (SSSR count). The molecule has 1 aliphatic rings. The van der Waals surface area contributed by atoms with Gasteiger partial charge in [0.1, 0.15) is 0 Å². The summed E-state index contributed by atoms with van der Waals surface area (Å²) < 4.78 is 0. The molecule has 1 heterocycles. The van der Waals surface area contributed by atoms with E-state index in [2.05, 4.69) is 4.90 Å². The second kappa shape index (κ2) is 8.45. The zero-order valence-electron chi connectivity index (χ0n) is 14.5. The summed E-state index contributed by atoms with van der Waals surface area (Å²) in [4.78, 5) is 27.7. The minimum absolute atomic E-state index is 0.0134. The average Bonchev–Trinajstić information content (AvgIpc) is 2.68. The minimum Gasteiger partial charge on any atom is -0.478 e. The van der Waals surface area contributed by atoms with Crippen molar-refractivity contribution in [2.24, 2.45) is 0 Å². The van der Waals surface area contributed by atoms with Crippen molar-refractivity contribution in [2.75, 3.05) is 26.2 Å². The van der Waals surface area contributed by atoms with E-state index in [0.29, 0.717) is 25.2 Å². The van der Waals surface area contributed by atoms with Crippen LogP contribution in [0.15, 0.2) is 60.7 Å². The lowest BCUT2D eigenvalue weighted by Gasteiger charge is -2.34. The number of benzene rings is 2. The number of carboxylic acids is 1. The van der Waals surface area contributed by atoms with E-state index in [0.717, 1.165) is 24.2 Å². The van der Waals surface area contributed by atoms with E-state index in [1.807, 2.05) is 53.4 Å². The fraction of sp³-hybridized carbons (Fsp3) is 0.238. The molecule has 5 heteroatoms. The molecule has 1 saturated heterocycles. The molecule has 0 aromatic heterocycles. The van der Waals surface area contributed by atoms with Gasteiger partial charge in [-0.25, -0.2) is 4.79 Å². The van der Waals surface area contributed by atoms with Gasteiger partial charge in [0.25, 0.3) is 0 Å². The van der Waals surface area contributed by atoms with Gasteiger partial charge in [0.15, 0.2) is 0 Å². The van der Waals surface area contributed by atoms with Crippen molar-refractivity contribution in [1.29, 1.82) is 0 Å². The predicted octanol–water partition coefficient (Wildman–Crippen LogP) is 2.74. The summed E-state index contributed by atoms with van der Waals surface area (Å²) >= 11 is 0. The highest BCUT2D eigenvalue weighted by molar-refractivity contribution is 5.92. The Bertz CT molecular complexity index is 794. The molecule has 1 fully saturated rings. The van der Waals surface area contributed by atoms with Crippen molar-refractivity contribution in [2.45, 2.75) is 6.54 Å². The highest BCUT2D eigenvalue weighted by Crippen LogP contribution is 2.14. The Morgan fingerprint density at radius 3 is 2.27 bits per heavy atom. The number of carbonyl (C=O) groups is 2. The molecule has 134 valence electrons. The number of piperazine rings is 1. The molecule has 1 amide bonds. The van der Waals surface area contributed by atoms with Crippen LogP contribution in [0.2, 0.25) is 0 Å². The Kier molecular flexibility index (Phi) is 5.81. The molecule has 26 heavy (non-hydrogen) atoms. The van der Waals surface area contributed by atoms with E-state index < -0.39 is 5.97 Å². The van der Waals surface area contributed by atoms with E-state index in [9.17, 15) is 14.7 Å². The lowest BCUT2D eigenvalue weighted by atomic mass is 10.1. The van der Waals surface area contributed by atoms with Crippen LogP contribution in [0.25, 0.3) is 6.08 Å². The van der Waals surface area contributed by atoms with E-state index in [1.54, 1.807) is 18.2 Å². The van der Waals surface area contributed by atoms with Crippen LogP contribution in [0.4, 0.5) is 0 Å². The van der Waals surface area contributed by atoms with Crippen LogP contribution in [0.1, 0.15) is 21.5 Å². The van der Waals surface area contributed by atoms with Gasteiger partial charge < -0.3 is 10.0 Å². The second-order valence-electron chi connectivity index (χ2n) is 6.31. The van der Waals surface area contributed by atoms with Gasteiger partial charge in [0.05, 0.1) is 5.56 Å². The molecule has 1 aliphatic heterocycles. The zero-order chi connectivity index (χ0) is 18.4. The summed E-state index contributed by atoms with van der Waals surface area (Å²) in [5.41, 5.74) is 2.16. The number of hydrogen-bond acceptors (Lipinski definition) is 3. The maximum Gasteiger partial charge on any atom is 0.336 e. The Morgan fingerprint density at radius 1 is 0.923 bits per heavy atom. The van der Waals surface area contributed by atoms with E-state index in [-0.39, 0.29) is 5.91 Å². The van der Waals surface area contributed by atoms with Gasteiger partial charge in [-0.3, -0.25) is 9.69 Å². The van der Waals surface area contributed by atoms with Gasteiger partial charge in [-0.2, -0.15) is 0 Å². The van der Waals surface area contributed by atoms with Crippen LogP contribution in [-0.2, 0) is 11.3 Å². The Labute approximate surface area is 153 Å². The van der Waals surface area contributed by atoms with Gasteiger partial charge >= 0.3 is 5.97 Å². The SMILES string of the molecule is O=C(O)c1ccccc1CN1CCN(C(=O)C=Cc2ccccc2)CC1. The Morgan fingerprint density at radius 2 is 1.58 bits per heavy atom. The van der Waals surface area contributed by atoms with Gasteiger partial charge in [0.2, 0.25) is 5.91 Å². The van der Waals surface area contributed by atoms with Crippen LogP contribution >= 0.6 is 0 Å². The average molecular weight is 350 g/mol. The smallest absolute Gasteiger partial charge is 0.336 e. The summed E-state index contributed by atoms with van der Waals surface area (Å²) in [6.45, 7) is 3.35. The van der Waals surface area contributed by atoms with Crippen molar-refractivity contribution < 1.29 is 14.7 Å². The van der Waals surface area contributed by atoms with Crippen LogP contribution in [0, 0.1) is 0 Å². The molecule has 0 unspecified atom stereocenters. The molecule has 0 bridgehead atoms. The first-order valence-electron chi connectivity index (χ1n) is 8.69. The highest BCUT2D eigenvalue weighted by Gasteiger charge is 2.21. The Hall–Kier alpha value is -2.92. The van der Waals surface area contributed by atoms with Crippen molar-refractivity contribution in [3.63, 3.8) is 0 Å². The molecule has 0 saturated carbocycles. The third-order valence-corrected chi connectivity index (χ3v) is 4.54. The number of aromatic carboxylic acids is 1. The third-order valence-electron chi connectivity index (χ3n) is 4.54. The molecule has 2 aromatic carbocycles. The van der Waals surface area contributed by atoms with Gasteiger partial charge in [-0.15, -0.1) is 0 Å². The number of carbonyl (C=O) groups excluding carboxylic acids is 1. The topological polar surface area (TPSA) is 60.9 Å². The summed E-state index contributed by atoms with van der Waals surface area (Å²) in [6, 6.07) is 16.8. The molecule has 2 aromatic rings. The maximum atomic E-state index is 12.3. The number of nitrogens with zero attached hydrogens (tertiary/aromatic N) is 2. The quantitative estimate of drug-likeness (QED) is 0.843. The van der Waals surface area contributed by atoms with Gasteiger partial charge in [-0.1, -0.05) is 48.5 Å². The summed E-state index contributed by atoms with van der Waals surface area (Å²) in [6.07, 6.45) is 3.45. The van der Waals surface area contributed by atoms with Crippen molar-refractivity contribution >= 4 is 18.0 Å². The number of rotatable bonds is 5. The summed E-state index contributed by atoms with van der Waals surface area (Å²) in [5, 5.41) is 9.28. The lowest BCUT2D eigenvalue weighted by Crippen LogP contribution is -2.47. The molecular weight excluding hydrogens is 328 g/mol. The van der Waals surface area contributed by atoms with Crippen molar-refractivity contribution in [1.82, 2.24) is 9.80 Å². The summed E-state index contributed by atoms with van der Waals surface area (Å²) in [7, 11) is 0. The molecule has 5 nitrogen and oxygen atoms in total. The van der Waals surface area contributed by atoms with Crippen molar-refractivity contribution in [3.8, 4) is 0 Å². The van der Waals surface area contributed by atoms with Crippen LogP contribution in [0.3, 0.4) is 0 Å². The standard InChI is InChI=1S/C21H22N2O3/c24-20(11-10-17-6-2-1-3-7-17)23-14-12-22(13-15-23)16-18-8-4-5-9-19(18)21(25)26/h1-11H,12-16H2,(H,25,26). The Balaban J connectivity index is 1.54. The number of carboxylic acid groups (broad SMARTS) is 1. The fourth-order valence-electron chi connectivity index (χ4n) is 3.07. The largest absolute Gasteiger partial charge is 0.478 e. The van der Waals surface area contributed by atoms with Crippen molar-refractivity contribution in [3.05, 3.63) is 77.4 Å². The molecule has 0 radical (unpaired) electrons. The zero-order valence-corrected chi connectivity index (χ0v) is 14.5. The minimum atomic E-state index is -0.902. The molecule has 1 N–H and O–H groups in total. The van der Waals surface area contributed by atoms with E-state index >= 15 is 0 Å². The van der Waals surface area contributed by atoms with Crippen LogP contribution in [0.5, 0.6) is 0 Å². The molecular formula is C21H22N2O3. The van der Waals surface area contributed by atoms with E-state index in [1.165, 1.54) is 0 Å². The molecule has 0 spiro atoms. The predicted molar refractivity (Wildman–Crippen MR) is 101 cm³/mol. The number of amides is 1. The normalized spacial score (nSPS) is 15.3. The first-order chi connectivity index (χ1) is 12.6. The molecule has 0 atom stereocenters. The van der Waals surface area contributed by atoms with E-state index in [4.69, 9.17) is 0 Å². The lowest BCUT2D eigenvalue weighted by molar-refractivity contribution is -0.127. The van der Waals surface area contributed by atoms with Crippen LogP contribution in [-0.4, -0.2) is 53.0 Å².